The van der Waals surface area contributed by atoms with Gasteiger partial charge in [-0.15, -0.1) is 6.42 Å². The molecule has 0 saturated carbocycles. The molecule has 0 spiro atoms. The molecule has 0 aromatic carbocycles. The first-order chi connectivity index (χ1) is 6.94. The van der Waals surface area contributed by atoms with Crippen LogP contribution in [-0.4, -0.2) is 16.4 Å². The van der Waals surface area contributed by atoms with Crippen LogP contribution in [0.4, 0.5) is 0 Å². The Kier molecular flexibility index (Phi) is 3.48. The molecule has 0 unspecified atom stereocenters. The molecule has 0 bridgehead atoms. The number of terminal acetylenes is 1. The predicted octanol–water partition coefficient (Wildman–Crippen LogP) is 1.99. The van der Waals surface area contributed by atoms with Gasteiger partial charge >= 0.3 is 0 Å². The van der Waals surface area contributed by atoms with E-state index in [4.69, 9.17) is 6.42 Å². The van der Waals surface area contributed by atoms with Gasteiger partial charge in [0.15, 0.2) is 0 Å². The molecule has 1 amide bonds. The molecule has 15 heavy (non-hydrogen) atoms. The number of carbonyl (C=O) groups is 1. The normalized spacial score (nSPS) is 10.5. The van der Waals surface area contributed by atoms with Gasteiger partial charge in [0.25, 0.3) is 5.91 Å². The lowest BCUT2D eigenvalue weighted by atomic mass is 10.1. The summed E-state index contributed by atoms with van der Waals surface area (Å²) in [6.07, 6.45) is 5.27. The van der Waals surface area contributed by atoms with Crippen molar-refractivity contribution in [3.63, 3.8) is 0 Å². The zero-order chi connectivity index (χ0) is 11.5. The maximum Gasteiger partial charge on any atom is 0.271 e. The van der Waals surface area contributed by atoms with Gasteiger partial charge in [-0.2, -0.15) is 0 Å². The second-order valence-corrected chi connectivity index (χ2v) is 4.38. The molecule has 0 aliphatic carbocycles. The molecule has 0 aliphatic rings. The Hall–Kier alpha value is -1.34. The Morgan fingerprint density at radius 3 is 2.80 bits per heavy atom. The molecule has 3 nitrogen and oxygen atoms in total. The third-order valence-corrected chi connectivity index (χ3v) is 2.18. The monoisotopic (exact) mass is 266 g/mol. The number of amides is 1. The highest BCUT2D eigenvalue weighted by atomic mass is 79.9. The Balaban J connectivity index is 2.84. The maximum atomic E-state index is 11.7. The first kappa shape index (κ1) is 11.7. The van der Waals surface area contributed by atoms with Gasteiger partial charge in [-0.05, 0) is 41.9 Å². The SMILES string of the molecule is C#CC(C)(C)NC(=O)c1cccc(Br)n1. The summed E-state index contributed by atoms with van der Waals surface area (Å²) in [7, 11) is 0. The minimum Gasteiger partial charge on any atom is -0.335 e. The number of halogens is 1. The lowest BCUT2D eigenvalue weighted by Gasteiger charge is -2.19. The molecule has 1 heterocycles. The van der Waals surface area contributed by atoms with Crippen LogP contribution in [0.5, 0.6) is 0 Å². The van der Waals surface area contributed by atoms with E-state index in [1.165, 1.54) is 0 Å². The molecule has 0 radical (unpaired) electrons. The number of carbonyl (C=O) groups excluding carboxylic acids is 1. The molecular weight excluding hydrogens is 256 g/mol. The molecule has 1 rings (SSSR count). The summed E-state index contributed by atoms with van der Waals surface area (Å²) in [6, 6.07) is 5.13. The fourth-order valence-corrected chi connectivity index (χ4v) is 1.26. The Bertz CT molecular complexity index is 421. The van der Waals surface area contributed by atoms with Crippen LogP contribution in [0.1, 0.15) is 24.3 Å². The summed E-state index contributed by atoms with van der Waals surface area (Å²) in [4.78, 5) is 15.7. The van der Waals surface area contributed by atoms with E-state index in [2.05, 4.69) is 32.2 Å². The minimum absolute atomic E-state index is 0.278. The fraction of sp³-hybridized carbons (Fsp3) is 0.273. The fourth-order valence-electron chi connectivity index (χ4n) is 0.919. The highest BCUT2D eigenvalue weighted by Gasteiger charge is 2.18. The smallest absolute Gasteiger partial charge is 0.271 e. The summed E-state index contributed by atoms with van der Waals surface area (Å²) >= 11 is 3.20. The van der Waals surface area contributed by atoms with Crippen LogP contribution in [0.25, 0.3) is 0 Å². The van der Waals surface area contributed by atoms with Gasteiger partial charge in [0.2, 0.25) is 0 Å². The number of hydrogen-bond acceptors (Lipinski definition) is 2. The quantitative estimate of drug-likeness (QED) is 0.657. The minimum atomic E-state index is -0.666. The van der Waals surface area contributed by atoms with Crippen LogP contribution >= 0.6 is 15.9 Å². The maximum absolute atomic E-state index is 11.7. The highest BCUT2D eigenvalue weighted by Crippen LogP contribution is 2.07. The van der Waals surface area contributed by atoms with Crippen LogP contribution in [0.3, 0.4) is 0 Å². The van der Waals surface area contributed by atoms with E-state index in [1.54, 1.807) is 32.0 Å². The van der Waals surface area contributed by atoms with Crippen molar-refractivity contribution in [1.82, 2.24) is 10.3 Å². The van der Waals surface area contributed by atoms with Gasteiger partial charge in [-0.1, -0.05) is 12.0 Å². The van der Waals surface area contributed by atoms with E-state index in [1.807, 2.05) is 0 Å². The Morgan fingerprint density at radius 2 is 2.27 bits per heavy atom. The first-order valence-corrected chi connectivity index (χ1v) is 5.17. The van der Waals surface area contributed by atoms with Gasteiger partial charge < -0.3 is 5.32 Å². The predicted molar refractivity (Wildman–Crippen MR) is 62.3 cm³/mol. The Labute approximate surface area is 97.4 Å². The van der Waals surface area contributed by atoms with Crippen LogP contribution in [0.15, 0.2) is 22.8 Å². The average Bonchev–Trinajstić information content (AvgIpc) is 2.17. The summed E-state index contributed by atoms with van der Waals surface area (Å²) in [6.45, 7) is 3.51. The highest BCUT2D eigenvalue weighted by molar-refractivity contribution is 9.10. The van der Waals surface area contributed by atoms with Crippen LogP contribution in [0.2, 0.25) is 0 Å². The molecule has 0 aliphatic heterocycles. The van der Waals surface area contributed by atoms with Crippen LogP contribution in [-0.2, 0) is 0 Å². The van der Waals surface area contributed by atoms with Crippen molar-refractivity contribution in [3.05, 3.63) is 28.5 Å². The third kappa shape index (κ3) is 3.37. The largest absolute Gasteiger partial charge is 0.335 e. The zero-order valence-electron chi connectivity index (χ0n) is 8.54. The van der Waals surface area contributed by atoms with Gasteiger partial charge in [0.1, 0.15) is 10.3 Å². The molecule has 0 fully saturated rings. The standard InChI is InChI=1S/C11H11BrN2O/c1-4-11(2,3)14-10(15)8-6-5-7-9(12)13-8/h1,5-7H,2-3H3,(H,14,15). The van der Waals surface area contributed by atoms with E-state index in [9.17, 15) is 4.79 Å². The van der Waals surface area contributed by atoms with E-state index in [0.29, 0.717) is 10.3 Å². The van der Waals surface area contributed by atoms with Crippen LogP contribution in [0, 0.1) is 12.3 Å². The number of nitrogens with zero attached hydrogens (tertiary/aromatic N) is 1. The summed E-state index contributed by atoms with van der Waals surface area (Å²) in [5.41, 5.74) is -0.325. The number of nitrogens with one attached hydrogen (secondary N) is 1. The van der Waals surface area contributed by atoms with Crippen molar-refractivity contribution >= 4 is 21.8 Å². The second kappa shape index (κ2) is 4.45. The third-order valence-electron chi connectivity index (χ3n) is 1.73. The lowest BCUT2D eigenvalue weighted by Crippen LogP contribution is -2.42. The number of rotatable bonds is 2. The molecule has 1 aromatic rings. The van der Waals surface area contributed by atoms with Crippen LogP contribution < -0.4 is 5.32 Å². The molecular formula is C11H11BrN2O. The number of aromatic nitrogens is 1. The number of pyridine rings is 1. The summed E-state index contributed by atoms with van der Waals surface area (Å²) in [5, 5.41) is 2.69. The molecule has 78 valence electrons. The van der Waals surface area contributed by atoms with Gasteiger partial charge in [0, 0.05) is 0 Å². The zero-order valence-corrected chi connectivity index (χ0v) is 10.1. The van der Waals surface area contributed by atoms with E-state index < -0.39 is 5.54 Å². The average molecular weight is 267 g/mol. The Morgan fingerprint density at radius 1 is 1.60 bits per heavy atom. The van der Waals surface area contributed by atoms with Crippen molar-refractivity contribution < 1.29 is 4.79 Å². The molecule has 0 atom stereocenters. The molecule has 0 saturated heterocycles. The van der Waals surface area contributed by atoms with Crippen molar-refractivity contribution in [1.29, 1.82) is 0 Å². The van der Waals surface area contributed by atoms with Crippen molar-refractivity contribution in [3.8, 4) is 12.3 Å². The molecule has 4 heteroatoms. The van der Waals surface area contributed by atoms with Crippen molar-refractivity contribution in [2.75, 3.05) is 0 Å². The van der Waals surface area contributed by atoms with E-state index in [-0.39, 0.29) is 5.91 Å². The molecule has 1 aromatic heterocycles. The molecule has 1 N–H and O–H groups in total. The number of hydrogen-bond donors (Lipinski definition) is 1. The summed E-state index contributed by atoms with van der Waals surface area (Å²) < 4.78 is 0.619. The summed E-state index contributed by atoms with van der Waals surface area (Å²) in [5.74, 6) is 2.21. The second-order valence-electron chi connectivity index (χ2n) is 3.57. The van der Waals surface area contributed by atoms with Crippen molar-refractivity contribution in [2.45, 2.75) is 19.4 Å². The topological polar surface area (TPSA) is 42.0 Å². The first-order valence-electron chi connectivity index (χ1n) is 4.37. The van der Waals surface area contributed by atoms with E-state index >= 15 is 0 Å². The van der Waals surface area contributed by atoms with Gasteiger partial charge in [0.05, 0.1) is 5.54 Å². The van der Waals surface area contributed by atoms with E-state index in [0.717, 1.165) is 0 Å². The lowest BCUT2D eigenvalue weighted by molar-refractivity contribution is 0.0924. The van der Waals surface area contributed by atoms with Gasteiger partial charge in [-0.3, -0.25) is 4.79 Å². The van der Waals surface area contributed by atoms with Gasteiger partial charge in [-0.25, -0.2) is 4.98 Å². The van der Waals surface area contributed by atoms with Crippen molar-refractivity contribution in [2.24, 2.45) is 0 Å².